The van der Waals surface area contributed by atoms with E-state index in [1.165, 1.54) is 38.5 Å². The number of hydrogen-bond acceptors (Lipinski definition) is 1. The van der Waals surface area contributed by atoms with Gasteiger partial charge in [0.1, 0.15) is 0 Å². The Bertz CT molecular complexity index is 186. The smallest absolute Gasteiger partial charge is 0.00751 e. The highest BCUT2D eigenvalue weighted by Gasteiger charge is 2.48. The third kappa shape index (κ3) is 3.79. The minimum absolute atomic E-state index is 0.460. The van der Waals surface area contributed by atoms with E-state index in [-0.39, 0.29) is 0 Å². The van der Waals surface area contributed by atoms with E-state index >= 15 is 0 Å². The van der Waals surface area contributed by atoms with E-state index < -0.39 is 0 Å². The van der Waals surface area contributed by atoms with E-state index in [4.69, 9.17) is 5.73 Å². The van der Waals surface area contributed by atoms with E-state index in [2.05, 4.69) is 27.7 Å². The van der Waals surface area contributed by atoms with Gasteiger partial charge in [-0.25, -0.2) is 0 Å². The van der Waals surface area contributed by atoms with Crippen molar-refractivity contribution in [3.8, 4) is 0 Å². The van der Waals surface area contributed by atoms with Crippen LogP contribution in [0.5, 0.6) is 0 Å². The van der Waals surface area contributed by atoms with Crippen molar-refractivity contribution < 1.29 is 0 Å². The molecule has 1 nitrogen and oxygen atoms in total. The molecule has 2 N–H and O–H groups in total. The number of rotatable bonds is 7. The molecular weight excluding hydrogens is 182 g/mol. The number of unbranched alkanes of at least 4 members (excludes halogenated alkanes) is 1. The molecule has 1 aliphatic carbocycles. The molecule has 15 heavy (non-hydrogen) atoms. The second-order valence-corrected chi connectivity index (χ2v) is 6.12. The van der Waals surface area contributed by atoms with Gasteiger partial charge in [-0.05, 0) is 30.1 Å². The van der Waals surface area contributed by atoms with E-state index in [0.29, 0.717) is 11.5 Å². The van der Waals surface area contributed by atoms with Crippen molar-refractivity contribution in [3.05, 3.63) is 0 Å². The van der Waals surface area contributed by atoms with E-state index in [1.54, 1.807) is 0 Å². The fourth-order valence-electron chi connectivity index (χ4n) is 2.77. The largest absolute Gasteiger partial charge is 0.327 e. The zero-order valence-corrected chi connectivity index (χ0v) is 11.1. The molecule has 1 rings (SSSR count). The van der Waals surface area contributed by atoms with Gasteiger partial charge in [0.25, 0.3) is 0 Å². The van der Waals surface area contributed by atoms with Gasteiger partial charge in [0.05, 0.1) is 0 Å². The van der Waals surface area contributed by atoms with E-state index in [9.17, 15) is 0 Å². The maximum absolute atomic E-state index is 6.30. The summed E-state index contributed by atoms with van der Waals surface area (Å²) in [5.41, 5.74) is 6.85. The van der Waals surface area contributed by atoms with Crippen molar-refractivity contribution in [2.24, 2.45) is 23.0 Å². The zero-order valence-electron chi connectivity index (χ0n) is 11.1. The Morgan fingerprint density at radius 1 is 1.33 bits per heavy atom. The first kappa shape index (κ1) is 13.0. The zero-order chi connectivity index (χ0) is 11.5. The van der Waals surface area contributed by atoms with Crippen molar-refractivity contribution in [3.63, 3.8) is 0 Å². The van der Waals surface area contributed by atoms with Crippen molar-refractivity contribution in [1.29, 1.82) is 0 Å². The van der Waals surface area contributed by atoms with E-state index in [1.807, 2.05) is 0 Å². The lowest BCUT2D eigenvalue weighted by Gasteiger charge is -2.20. The molecule has 1 aliphatic rings. The summed E-state index contributed by atoms with van der Waals surface area (Å²) >= 11 is 0. The molecule has 0 aromatic carbocycles. The first-order valence-corrected chi connectivity index (χ1v) is 6.76. The highest BCUT2D eigenvalue weighted by molar-refractivity contribution is 5.00. The summed E-state index contributed by atoms with van der Waals surface area (Å²) in [5.74, 6) is 1.67. The van der Waals surface area contributed by atoms with Crippen molar-refractivity contribution in [2.45, 2.75) is 72.3 Å². The van der Waals surface area contributed by atoms with Crippen LogP contribution in [0.4, 0.5) is 0 Å². The molecule has 1 heteroatoms. The summed E-state index contributed by atoms with van der Waals surface area (Å²) in [6, 6.07) is 0.460. The molecule has 0 heterocycles. The molecule has 0 aromatic rings. The van der Waals surface area contributed by atoms with Crippen LogP contribution in [-0.4, -0.2) is 6.04 Å². The quantitative estimate of drug-likeness (QED) is 0.677. The second kappa shape index (κ2) is 5.34. The minimum atomic E-state index is 0.460. The maximum atomic E-state index is 6.30. The van der Waals surface area contributed by atoms with Crippen molar-refractivity contribution in [2.75, 3.05) is 0 Å². The molecule has 0 spiro atoms. The SMILES string of the molecule is CCCCC(CC)CC(N)C1CC1(C)C. The Kier molecular flexibility index (Phi) is 4.64. The number of hydrogen-bond donors (Lipinski definition) is 1. The molecule has 0 aromatic heterocycles. The Morgan fingerprint density at radius 3 is 2.33 bits per heavy atom. The summed E-state index contributed by atoms with van der Waals surface area (Å²) in [6.07, 6.45) is 7.98. The summed E-state index contributed by atoms with van der Waals surface area (Å²) in [5, 5.41) is 0. The van der Waals surface area contributed by atoms with Crippen molar-refractivity contribution in [1.82, 2.24) is 0 Å². The highest BCUT2D eigenvalue weighted by Crippen LogP contribution is 2.54. The standard InChI is InChI=1S/C14H29N/c1-5-7-8-11(6-2)9-13(15)12-10-14(12,3)4/h11-13H,5-10,15H2,1-4H3. The van der Waals surface area contributed by atoms with Gasteiger partial charge in [-0.1, -0.05) is 53.4 Å². The predicted molar refractivity (Wildman–Crippen MR) is 67.8 cm³/mol. The summed E-state index contributed by atoms with van der Waals surface area (Å²) < 4.78 is 0. The molecule has 3 atom stereocenters. The predicted octanol–water partition coefficient (Wildman–Crippen LogP) is 3.97. The van der Waals surface area contributed by atoms with Crippen LogP contribution in [0.2, 0.25) is 0 Å². The fourth-order valence-corrected chi connectivity index (χ4v) is 2.77. The van der Waals surface area contributed by atoms with Crippen LogP contribution in [0, 0.1) is 17.3 Å². The minimum Gasteiger partial charge on any atom is -0.327 e. The van der Waals surface area contributed by atoms with Crippen LogP contribution in [0.25, 0.3) is 0 Å². The summed E-state index contributed by atoms with van der Waals surface area (Å²) in [4.78, 5) is 0. The average molecular weight is 211 g/mol. The molecule has 1 saturated carbocycles. The lowest BCUT2D eigenvalue weighted by atomic mass is 9.89. The second-order valence-electron chi connectivity index (χ2n) is 6.12. The van der Waals surface area contributed by atoms with Gasteiger partial charge in [0.2, 0.25) is 0 Å². The molecule has 0 amide bonds. The Balaban J connectivity index is 2.26. The Morgan fingerprint density at radius 2 is 1.93 bits per heavy atom. The maximum Gasteiger partial charge on any atom is 0.00751 e. The van der Waals surface area contributed by atoms with Gasteiger partial charge in [-0.2, -0.15) is 0 Å². The summed E-state index contributed by atoms with van der Waals surface area (Å²) in [7, 11) is 0. The van der Waals surface area contributed by atoms with Gasteiger partial charge in [-0.15, -0.1) is 0 Å². The van der Waals surface area contributed by atoms with Gasteiger partial charge in [-0.3, -0.25) is 0 Å². The Hall–Kier alpha value is -0.0400. The van der Waals surface area contributed by atoms with Crippen molar-refractivity contribution >= 4 is 0 Å². The Labute approximate surface area is 95.8 Å². The molecule has 90 valence electrons. The topological polar surface area (TPSA) is 26.0 Å². The van der Waals surface area contributed by atoms with Crippen LogP contribution in [0.3, 0.4) is 0 Å². The fraction of sp³-hybridized carbons (Fsp3) is 1.00. The molecule has 0 aliphatic heterocycles. The van der Waals surface area contributed by atoms with Gasteiger partial charge in [0.15, 0.2) is 0 Å². The lowest BCUT2D eigenvalue weighted by Crippen LogP contribution is -2.27. The number of nitrogens with two attached hydrogens (primary N) is 1. The first-order valence-electron chi connectivity index (χ1n) is 6.76. The van der Waals surface area contributed by atoms with Gasteiger partial charge in [0, 0.05) is 6.04 Å². The van der Waals surface area contributed by atoms with Gasteiger partial charge >= 0.3 is 0 Å². The first-order chi connectivity index (χ1) is 7.01. The third-order valence-corrected chi connectivity index (χ3v) is 4.26. The average Bonchev–Trinajstić information content (AvgIpc) is 2.82. The molecular formula is C14H29N. The molecule has 0 bridgehead atoms. The molecule has 3 unspecified atom stereocenters. The van der Waals surface area contributed by atoms with Gasteiger partial charge < -0.3 is 5.73 Å². The molecule has 0 saturated heterocycles. The third-order valence-electron chi connectivity index (χ3n) is 4.26. The lowest BCUT2D eigenvalue weighted by molar-refractivity contribution is 0.347. The molecule has 0 radical (unpaired) electrons. The summed E-state index contributed by atoms with van der Waals surface area (Å²) in [6.45, 7) is 9.29. The van der Waals surface area contributed by atoms with Crippen LogP contribution < -0.4 is 5.73 Å². The molecule has 1 fully saturated rings. The normalized spacial score (nSPS) is 27.4. The monoisotopic (exact) mass is 211 g/mol. The van der Waals surface area contributed by atoms with Crippen LogP contribution in [0.15, 0.2) is 0 Å². The van der Waals surface area contributed by atoms with Crippen LogP contribution in [0.1, 0.15) is 66.2 Å². The van der Waals surface area contributed by atoms with E-state index in [0.717, 1.165) is 11.8 Å². The van der Waals surface area contributed by atoms with Crippen LogP contribution >= 0.6 is 0 Å². The van der Waals surface area contributed by atoms with Crippen LogP contribution in [-0.2, 0) is 0 Å². The highest BCUT2D eigenvalue weighted by atomic mass is 14.7.